The van der Waals surface area contributed by atoms with Crippen LogP contribution in [0.5, 0.6) is 0 Å². The van der Waals surface area contributed by atoms with E-state index in [-0.39, 0.29) is 25.3 Å². The normalized spacial score (nSPS) is 18.4. The third-order valence-corrected chi connectivity index (χ3v) is 7.55. The van der Waals surface area contributed by atoms with Gasteiger partial charge in [-0.1, -0.05) is 38.1 Å². The number of rotatable bonds is 8. The van der Waals surface area contributed by atoms with Crippen molar-refractivity contribution in [1.29, 1.82) is 0 Å². The minimum Gasteiger partial charge on any atom is -0.468 e. The Hall–Kier alpha value is -4.08. The minimum atomic E-state index is -4.56. The van der Waals surface area contributed by atoms with Crippen molar-refractivity contribution in [2.45, 2.75) is 64.0 Å². The largest absolute Gasteiger partial charge is 0.468 e. The molecule has 2 aromatic rings. The first kappa shape index (κ1) is 33.1. The van der Waals surface area contributed by atoms with Gasteiger partial charge in [0.2, 0.25) is 0 Å². The van der Waals surface area contributed by atoms with E-state index >= 15 is 0 Å². The molecule has 41 heavy (non-hydrogen) atoms. The molecule has 235 valence electrons. The fourth-order valence-electron chi connectivity index (χ4n) is 5.36. The molecule has 0 unspecified atom stereocenters. The molecule has 0 saturated carbocycles. The third kappa shape index (κ3) is 7.17. The molecule has 0 spiro atoms. The number of hydrogen-bond acceptors (Lipinski definition) is 5. The van der Waals surface area contributed by atoms with Crippen LogP contribution in [0.25, 0.3) is 0 Å². The average molecular weight is 836 g/mol. The van der Waals surface area contributed by atoms with Gasteiger partial charge in [-0.3, -0.25) is 14.5 Å². The number of ether oxygens (including phenoxy) is 2. The van der Waals surface area contributed by atoms with Gasteiger partial charge in [0, 0.05) is 18.6 Å². The van der Waals surface area contributed by atoms with Crippen LogP contribution in [-0.4, -0.2) is 37.6 Å². The Kier molecular flexibility index (Phi) is 10.2. The number of esters is 2. The van der Waals surface area contributed by atoms with Gasteiger partial charge in [0.25, 0.3) is 0 Å². The second kappa shape index (κ2) is 12.6. The van der Waals surface area contributed by atoms with Gasteiger partial charge >= 0.3 is 24.3 Å². The SMILES string of the molecule is COC(=O)C1(C(=O)OC)CCN([C@@H](CCC(C)C)c2ccc(C(F)(F)F)cc2)[C@@H](c2ccc(C(F)(F)F)cc2)C1.[Lr]. The Bertz CT molecular complexity index is 1150. The second-order valence-corrected chi connectivity index (χ2v) is 10.5. The molecule has 2 atom stereocenters. The number of halogens is 6. The van der Waals surface area contributed by atoms with E-state index in [0.717, 1.165) is 38.5 Å². The minimum absolute atomic E-state index is 0. The van der Waals surface area contributed by atoms with Crippen molar-refractivity contribution in [1.82, 2.24) is 4.90 Å². The summed E-state index contributed by atoms with van der Waals surface area (Å²) in [5.41, 5.74) is -2.34. The molecule has 0 aliphatic carbocycles. The summed E-state index contributed by atoms with van der Waals surface area (Å²) >= 11 is 0. The predicted molar refractivity (Wildman–Crippen MR) is 135 cm³/mol. The standard InChI is InChI=1S/C29H33F6NO4.Lr/c1-18(2)5-14-23(19-6-10-21(11-7-19)28(30,31)32)36-16-15-27(25(37)39-3,26(38)40-4)17-24(36)20-8-12-22(13-9-20)29(33,34)35;/h6-13,18,23-24H,5,14-17H2,1-4H3;/t23-,24+;/m0./s1. The van der Waals surface area contributed by atoms with E-state index in [2.05, 4.69) is 0 Å². The van der Waals surface area contributed by atoms with Crippen LogP contribution >= 0.6 is 0 Å². The summed E-state index contributed by atoms with van der Waals surface area (Å²) in [5, 5.41) is 0. The Morgan fingerprint density at radius 3 is 1.73 bits per heavy atom. The number of nitrogens with zero attached hydrogens (tertiary/aromatic N) is 1. The predicted octanol–water partition coefficient (Wildman–Crippen LogP) is 7.37. The Labute approximate surface area is 229 Å². The molecule has 1 fully saturated rings. The zero-order valence-corrected chi connectivity index (χ0v) is 25.1. The van der Waals surface area contributed by atoms with E-state index in [0.29, 0.717) is 24.0 Å². The average Bonchev–Trinajstić information content (AvgIpc) is 2.91. The Morgan fingerprint density at radius 2 is 1.32 bits per heavy atom. The van der Waals surface area contributed by atoms with Crippen LogP contribution < -0.4 is 0 Å². The number of carbonyl (C=O) groups excluding carboxylic acids is 2. The van der Waals surface area contributed by atoms with Crippen LogP contribution in [0.2, 0.25) is 0 Å². The molecule has 1 saturated heterocycles. The molecule has 0 bridgehead atoms. The number of benzene rings is 2. The molecular formula is C29H33F6LrNO4. The third-order valence-electron chi connectivity index (χ3n) is 7.55. The van der Waals surface area contributed by atoms with Crippen molar-refractivity contribution in [3.63, 3.8) is 0 Å². The molecule has 1 aliphatic rings. The van der Waals surface area contributed by atoms with E-state index in [9.17, 15) is 35.9 Å². The molecular weight excluding hydrogens is 802 g/mol. The monoisotopic (exact) mass is 835 g/mol. The second-order valence-electron chi connectivity index (χ2n) is 10.5. The summed E-state index contributed by atoms with van der Waals surface area (Å²) < 4.78 is 89.6. The van der Waals surface area contributed by atoms with Gasteiger partial charge < -0.3 is 9.47 Å². The maximum absolute atomic E-state index is 13.3. The van der Waals surface area contributed by atoms with Crippen molar-refractivity contribution < 1.29 is 45.4 Å². The van der Waals surface area contributed by atoms with Crippen LogP contribution in [0.4, 0.5) is 26.3 Å². The Balaban J connectivity index is 0.00000588. The van der Waals surface area contributed by atoms with Crippen molar-refractivity contribution in [3.8, 4) is 0 Å². The van der Waals surface area contributed by atoms with Crippen LogP contribution in [0, 0.1) is 11.3 Å². The van der Waals surface area contributed by atoms with Crippen molar-refractivity contribution in [3.05, 3.63) is 70.8 Å². The molecule has 3 rings (SSSR count). The fraction of sp³-hybridized carbons (Fsp3) is 0.517. The quantitative estimate of drug-likeness (QED) is 0.158. The van der Waals surface area contributed by atoms with E-state index < -0.39 is 52.9 Å². The first-order valence-electron chi connectivity index (χ1n) is 12.9. The van der Waals surface area contributed by atoms with E-state index in [1.54, 1.807) is 0 Å². The molecule has 1 aliphatic heterocycles. The summed E-state index contributed by atoms with van der Waals surface area (Å²) in [4.78, 5) is 27.9. The summed E-state index contributed by atoms with van der Waals surface area (Å²) in [5.74, 6) is -1.37. The van der Waals surface area contributed by atoms with Gasteiger partial charge in [0.15, 0.2) is 5.41 Å². The number of carbonyl (C=O) groups is 2. The van der Waals surface area contributed by atoms with Crippen molar-refractivity contribution in [2.75, 3.05) is 20.8 Å². The fourth-order valence-corrected chi connectivity index (χ4v) is 5.36. The topological polar surface area (TPSA) is 55.8 Å². The van der Waals surface area contributed by atoms with E-state index in [1.807, 2.05) is 18.7 Å². The summed E-state index contributed by atoms with van der Waals surface area (Å²) in [7, 11) is 2.28. The maximum atomic E-state index is 13.3. The maximum Gasteiger partial charge on any atom is 0.416 e. The van der Waals surface area contributed by atoms with Crippen LogP contribution in [0.1, 0.15) is 73.9 Å². The van der Waals surface area contributed by atoms with Crippen molar-refractivity contribution >= 4 is 11.9 Å². The zero-order chi connectivity index (χ0) is 29.9. The summed E-state index contributed by atoms with van der Waals surface area (Å²) in [6.07, 6.45) is -7.98. The zero-order valence-electron chi connectivity index (χ0n) is 23.0. The number of alkyl halides is 6. The smallest absolute Gasteiger partial charge is 0.416 e. The van der Waals surface area contributed by atoms with Gasteiger partial charge in [0.1, 0.15) is 0 Å². The van der Waals surface area contributed by atoms with Gasteiger partial charge in [-0.25, -0.2) is 0 Å². The summed E-state index contributed by atoms with van der Waals surface area (Å²) in [6.45, 7) is 4.15. The molecule has 1 radical (unpaired) electrons. The van der Waals surface area contributed by atoms with E-state index in [4.69, 9.17) is 9.47 Å². The number of hydrogen-bond donors (Lipinski definition) is 0. The van der Waals surface area contributed by atoms with Crippen LogP contribution in [-0.2, 0) is 31.4 Å². The van der Waals surface area contributed by atoms with Gasteiger partial charge in [-0.15, -0.1) is 0 Å². The van der Waals surface area contributed by atoms with E-state index in [1.165, 1.54) is 24.3 Å². The van der Waals surface area contributed by atoms with Gasteiger partial charge in [-0.05, 0) is 67.0 Å². The molecule has 12 heteroatoms. The molecule has 5 nitrogen and oxygen atoms in total. The van der Waals surface area contributed by atoms with Crippen molar-refractivity contribution in [2.24, 2.45) is 11.3 Å². The van der Waals surface area contributed by atoms with Gasteiger partial charge in [-0.2, -0.15) is 26.3 Å². The number of methoxy groups -OCH3 is 2. The molecule has 0 N–H and O–H groups in total. The molecule has 0 amide bonds. The first-order valence-corrected chi connectivity index (χ1v) is 12.9. The molecule has 1 heterocycles. The summed E-state index contributed by atoms with van der Waals surface area (Å²) in [6, 6.07) is 8.10. The van der Waals surface area contributed by atoms with Crippen LogP contribution in [0.3, 0.4) is 0 Å². The Morgan fingerprint density at radius 1 is 0.854 bits per heavy atom. The number of piperidine rings is 1. The van der Waals surface area contributed by atoms with Gasteiger partial charge in [0.05, 0.1) is 25.3 Å². The first-order chi connectivity index (χ1) is 18.6. The molecule has 2 aromatic carbocycles. The van der Waals surface area contributed by atoms with Crippen LogP contribution in [0.15, 0.2) is 48.5 Å². The molecule has 0 aromatic heterocycles. The number of likely N-dealkylation sites (tertiary alicyclic amines) is 1.